The largest absolute Gasteiger partial charge is 0.394 e. The standard InChI is InChI=1S/C6H12N2.C6H15NO2/c1-3-8-4-2-6(1)5-7-8;1-7(2)3-5-9-6-4-8/h6-7H,1-5H2;8H,3-6H2,1-2H3. The Balaban J connectivity index is 0.000000170. The van der Waals surface area contributed by atoms with Crippen LogP contribution < -0.4 is 5.43 Å². The van der Waals surface area contributed by atoms with Crippen molar-refractivity contribution in [2.45, 2.75) is 12.8 Å². The van der Waals surface area contributed by atoms with Gasteiger partial charge in [-0.3, -0.25) is 5.43 Å². The molecule has 0 unspecified atom stereocenters. The number of hydrogen-bond donors (Lipinski definition) is 2. The zero-order valence-electron chi connectivity index (χ0n) is 11.2. The van der Waals surface area contributed by atoms with Gasteiger partial charge in [0.2, 0.25) is 0 Å². The maximum atomic E-state index is 8.29. The van der Waals surface area contributed by atoms with Crippen LogP contribution in [0.25, 0.3) is 0 Å². The van der Waals surface area contributed by atoms with Crippen molar-refractivity contribution in [2.24, 2.45) is 5.92 Å². The number of aliphatic hydroxyl groups is 1. The molecule has 0 radical (unpaired) electrons. The first kappa shape index (κ1) is 14.9. The van der Waals surface area contributed by atoms with Crippen molar-refractivity contribution in [3.05, 3.63) is 0 Å². The summed E-state index contributed by atoms with van der Waals surface area (Å²) in [5.74, 6) is 1.000. The van der Waals surface area contributed by atoms with Crippen LogP contribution in [0.1, 0.15) is 12.8 Å². The predicted molar refractivity (Wildman–Crippen MR) is 68.8 cm³/mol. The predicted octanol–water partition coefficient (Wildman–Crippen LogP) is -0.226. The van der Waals surface area contributed by atoms with E-state index in [0.717, 1.165) is 12.5 Å². The Morgan fingerprint density at radius 1 is 1.29 bits per heavy atom. The van der Waals surface area contributed by atoms with Crippen molar-refractivity contribution < 1.29 is 9.84 Å². The molecule has 2 N–H and O–H groups in total. The molecule has 3 heterocycles. The van der Waals surface area contributed by atoms with E-state index >= 15 is 0 Å². The summed E-state index contributed by atoms with van der Waals surface area (Å²) in [7, 11) is 3.98. The van der Waals surface area contributed by atoms with Crippen LogP contribution in [-0.2, 0) is 4.74 Å². The second-order valence-corrected chi connectivity index (χ2v) is 4.93. The monoisotopic (exact) mass is 245 g/mol. The van der Waals surface area contributed by atoms with E-state index in [4.69, 9.17) is 9.84 Å². The number of nitrogens with one attached hydrogen (secondary N) is 1. The SMILES string of the molecule is C1CN2CCC1CN2.CN(C)CCOCCO. The van der Waals surface area contributed by atoms with Gasteiger partial charge >= 0.3 is 0 Å². The zero-order chi connectivity index (χ0) is 12.5. The number of hydrazine groups is 1. The van der Waals surface area contributed by atoms with Crippen molar-refractivity contribution in [2.75, 3.05) is 60.1 Å². The van der Waals surface area contributed by atoms with Gasteiger partial charge in [-0.25, -0.2) is 5.01 Å². The normalized spacial score (nSPS) is 26.8. The summed E-state index contributed by atoms with van der Waals surface area (Å²) in [4.78, 5) is 2.04. The number of ether oxygens (including phenoxy) is 1. The first-order valence-corrected chi connectivity index (χ1v) is 6.54. The van der Waals surface area contributed by atoms with Gasteiger partial charge in [-0.15, -0.1) is 0 Å². The van der Waals surface area contributed by atoms with Crippen LogP contribution in [0.3, 0.4) is 0 Å². The third-order valence-electron chi connectivity index (χ3n) is 3.14. The number of rotatable bonds is 5. The lowest BCUT2D eigenvalue weighted by Gasteiger charge is -2.39. The van der Waals surface area contributed by atoms with Crippen LogP contribution in [0, 0.1) is 5.92 Å². The first-order chi connectivity index (χ1) is 8.22. The first-order valence-electron chi connectivity index (χ1n) is 6.54. The van der Waals surface area contributed by atoms with Crippen molar-refractivity contribution in [1.82, 2.24) is 15.3 Å². The number of likely N-dealkylation sites (N-methyl/N-ethyl adjacent to an activating group) is 1. The molecular weight excluding hydrogens is 218 g/mol. The van der Waals surface area contributed by atoms with Crippen molar-refractivity contribution in [1.29, 1.82) is 0 Å². The summed E-state index contributed by atoms with van der Waals surface area (Å²) in [6.07, 6.45) is 2.85. The molecule has 0 spiro atoms. The number of piperidine rings is 1. The summed E-state index contributed by atoms with van der Waals surface area (Å²) in [5.41, 5.74) is 3.35. The fraction of sp³-hybridized carbons (Fsp3) is 1.00. The summed E-state index contributed by atoms with van der Waals surface area (Å²) in [6, 6.07) is 0. The number of nitrogens with zero attached hydrogens (tertiary/aromatic N) is 2. The molecule has 5 heteroatoms. The molecule has 0 saturated carbocycles. The van der Waals surface area contributed by atoms with Gasteiger partial charge in [0.25, 0.3) is 0 Å². The quantitative estimate of drug-likeness (QED) is 0.656. The lowest BCUT2D eigenvalue weighted by Crippen LogP contribution is -2.52. The average molecular weight is 245 g/mol. The molecular formula is C12H27N3O2. The third-order valence-corrected chi connectivity index (χ3v) is 3.14. The van der Waals surface area contributed by atoms with Gasteiger partial charge in [0.05, 0.1) is 19.8 Å². The lowest BCUT2D eigenvalue weighted by atomic mass is 9.96. The van der Waals surface area contributed by atoms with E-state index in [1.807, 2.05) is 19.0 Å². The van der Waals surface area contributed by atoms with E-state index in [1.54, 1.807) is 0 Å². The second-order valence-electron chi connectivity index (χ2n) is 4.93. The van der Waals surface area contributed by atoms with Crippen LogP contribution in [-0.4, -0.2) is 75.1 Å². The fourth-order valence-corrected chi connectivity index (χ4v) is 1.97. The molecule has 0 aromatic carbocycles. The summed E-state index contributed by atoms with van der Waals surface area (Å²) < 4.78 is 5.00. The highest BCUT2D eigenvalue weighted by molar-refractivity contribution is 4.76. The van der Waals surface area contributed by atoms with Crippen LogP contribution in [0.2, 0.25) is 0 Å². The smallest absolute Gasteiger partial charge is 0.0698 e. The Kier molecular flexibility index (Phi) is 7.72. The van der Waals surface area contributed by atoms with Crippen LogP contribution in [0.4, 0.5) is 0 Å². The van der Waals surface area contributed by atoms with Gasteiger partial charge in [-0.2, -0.15) is 0 Å². The molecule has 3 rings (SSSR count). The molecule has 0 aromatic heterocycles. The van der Waals surface area contributed by atoms with Crippen LogP contribution >= 0.6 is 0 Å². The number of aliphatic hydroxyl groups excluding tert-OH is 1. The highest BCUT2D eigenvalue weighted by Gasteiger charge is 2.24. The number of fused-ring (bicyclic) bond motifs is 3. The molecule has 3 fully saturated rings. The summed E-state index contributed by atoms with van der Waals surface area (Å²) >= 11 is 0. The zero-order valence-corrected chi connectivity index (χ0v) is 11.2. The van der Waals surface area contributed by atoms with Gasteiger partial charge < -0.3 is 14.7 Å². The molecule has 0 aromatic rings. The molecule has 3 saturated heterocycles. The molecule has 0 amide bonds. The molecule has 3 aliphatic heterocycles. The molecule has 0 atom stereocenters. The van der Waals surface area contributed by atoms with Crippen molar-refractivity contribution >= 4 is 0 Å². The van der Waals surface area contributed by atoms with Gasteiger partial charge in [0.15, 0.2) is 0 Å². The Morgan fingerprint density at radius 2 is 2.00 bits per heavy atom. The summed E-state index contributed by atoms with van der Waals surface area (Å²) in [5, 5.41) is 10.6. The third kappa shape index (κ3) is 6.95. The Hall–Kier alpha value is -0.200. The highest BCUT2D eigenvalue weighted by atomic mass is 16.5. The second kappa shape index (κ2) is 8.83. The van der Waals surface area contributed by atoms with Gasteiger partial charge in [-0.05, 0) is 32.9 Å². The van der Waals surface area contributed by atoms with Crippen LogP contribution in [0.5, 0.6) is 0 Å². The maximum Gasteiger partial charge on any atom is 0.0698 e. The minimum Gasteiger partial charge on any atom is -0.394 e. The molecule has 5 nitrogen and oxygen atoms in total. The molecule has 2 bridgehead atoms. The molecule has 3 aliphatic rings. The molecule has 17 heavy (non-hydrogen) atoms. The Labute approximate surface area is 105 Å². The van der Waals surface area contributed by atoms with E-state index in [9.17, 15) is 0 Å². The van der Waals surface area contributed by atoms with E-state index in [0.29, 0.717) is 13.2 Å². The Morgan fingerprint density at radius 3 is 2.29 bits per heavy atom. The topological polar surface area (TPSA) is 48.0 Å². The van der Waals surface area contributed by atoms with E-state index < -0.39 is 0 Å². The fourth-order valence-electron chi connectivity index (χ4n) is 1.97. The summed E-state index contributed by atoms with van der Waals surface area (Å²) in [6.45, 7) is 5.99. The van der Waals surface area contributed by atoms with Crippen LogP contribution in [0.15, 0.2) is 0 Å². The van der Waals surface area contributed by atoms with Crippen molar-refractivity contribution in [3.63, 3.8) is 0 Å². The van der Waals surface area contributed by atoms with Gasteiger partial charge in [0.1, 0.15) is 0 Å². The number of hydrogen-bond acceptors (Lipinski definition) is 5. The average Bonchev–Trinajstić information content (AvgIpc) is 2.38. The van der Waals surface area contributed by atoms with Gasteiger partial charge in [0, 0.05) is 26.2 Å². The maximum absolute atomic E-state index is 8.29. The van der Waals surface area contributed by atoms with E-state index in [2.05, 4.69) is 10.4 Å². The minimum atomic E-state index is 0.118. The van der Waals surface area contributed by atoms with Crippen molar-refractivity contribution in [3.8, 4) is 0 Å². The molecule has 102 valence electrons. The highest BCUT2D eigenvalue weighted by Crippen LogP contribution is 2.19. The van der Waals surface area contributed by atoms with E-state index in [-0.39, 0.29) is 6.61 Å². The molecule has 0 aliphatic carbocycles. The lowest BCUT2D eigenvalue weighted by molar-refractivity contribution is 0.0572. The Bertz CT molecular complexity index is 160. The minimum absolute atomic E-state index is 0.118. The van der Waals surface area contributed by atoms with Gasteiger partial charge in [-0.1, -0.05) is 0 Å². The van der Waals surface area contributed by atoms with E-state index in [1.165, 1.54) is 32.5 Å².